The van der Waals surface area contributed by atoms with Gasteiger partial charge in [-0.3, -0.25) is 9.69 Å². The van der Waals surface area contributed by atoms with E-state index in [1.807, 2.05) is 43.0 Å². The fraction of sp³-hybridized carbons (Fsp3) is 0.583. The van der Waals surface area contributed by atoms with E-state index in [-0.39, 0.29) is 11.8 Å². The predicted molar refractivity (Wildman–Crippen MR) is 130 cm³/mol. The number of hydrogen-bond donors (Lipinski definition) is 1. The van der Waals surface area contributed by atoms with Crippen LogP contribution in [0.4, 0.5) is 0 Å². The molecular weight excluding hydrogens is 430 g/mol. The molecule has 1 aromatic carbocycles. The van der Waals surface area contributed by atoms with Gasteiger partial charge in [0.1, 0.15) is 5.76 Å². The van der Waals surface area contributed by atoms with E-state index in [1.54, 1.807) is 0 Å². The number of aryl methyl sites for hydroxylation is 1. The number of nitrogens with zero attached hydrogens (tertiary/aromatic N) is 2. The lowest BCUT2D eigenvalue weighted by atomic mass is 9.95. The summed E-state index contributed by atoms with van der Waals surface area (Å²) in [7, 11) is 0. The molecule has 3 rings (SSSR count). The van der Waals surface area contributed by atoms with Crippen molar-refractivity contribution in [2.75, 3.05) is 31.1 Å². The Morgan fingerprint density at radius 3 is 2.81 bits per heavy atom. The Morgan fingerprint density at radius 1 is 1.29 bits per heavy atom. The van der Waals surface area contributed by atoms with Gasteiger partial charge in [0.15, 0.2) is 0 Å². The van der Waals surface area contributed by atoms with E-state index < -0.39 is 0 Å². The number of aromatic nitrogens is 1. The lowest BCUT2D eigenvalue weighted by Gasteiger charge is -2.30. The fourth-order valence-corrected chi connectivity index (χ4v) is 5.00. The Morgan fingerprint density at radius 2 is 2.06 bits per heavy atom. The summed E-state index contributed by atoms with van der Waals surface area (Å²) in [5.74, 6) is 4.16. The first-order chi connectivity index (χ1) is 15.1. The molecule has 2 aromatic rings. The van der Waals surface area contributed by atoms with Crippen LogP contribution in [0, 0.1) is 12.8 Å². The van der Waals surface area contributed by atoms with Crippen LogP contribution >= 0.6 is 23.4 Å². The average molecular weight is 464 g/mol. The number of piperidine rings is 1. The number of carbonyl (C=O) groups is 1. The Kier molecular flexibility index (Phi) is 9.75. The molecule has 0 aliphatic carbocycles. The number of oxazole rings is 1. The molecule has 31 heavy (non-hydrogen) atoms. The second-order valence-electron chi connectivity index (χ2n) is 8.19. The monoisotopic (exact) mass is 463 g/mol. The third-order valence-electron chi connectivity index (χ3n) is 5.70. The number of benzene rings is 1. The molecule has 5 nitrogen and oxygen atoms in total. The second-order valence-corrected chi connectivity index (χ2v) is 9.85. The molecule has 0 radical (unpaired) electrons. The van der Waals surface area contributed by atoms with Gasteiger partial charge in [0.05, 0.1) is 5.69 Å². The molecule has 7 heteroatoms. The van der Waals surface area contributed by atoms with Crippen LogP contribution in [0.1, 0.15) is 50.5 Å². The summed E-state index contributed by atoms with van der Waals surface area (Å²) in [5, 5.41) is 3.81. The summed E-state index contributed by atoms with van der Waals surface area (Å²) in [6.07, 6.45) is 5.39. The second kappa shape index (κ2) is 12.5. The van der Waals surface area contributed by atoms with Crippen molar-refractivity contribution in [3.8, 4) is 11.5 Å². The number of rotatable bonds is 11. The molecule has 1 fully saturated rings. The van der Waals surface area contributed by atoms with E-state index >= 15 is 0 Å². The molecule has 0 unspecified atom stereocenters. The van der Waals surface area contributed by atoms with E-state index in [1.165, 1.54) is 18.6 Å². The van der Waals surface area contributed by atoms with Crippen molar-refractivity contribution in [3.05, 3.63) is 40.7 Å². The quantitative estimate of drug-likeness (QED) is 0.442. The number of carbonyl (C=O) groups excluding carboxylic acids is 1. The van der Waals surface area contributed by atoms with Crippen LogP contribution in [-0.4, -0.2) is 46.9 Å². The van der Waals surface area contributed by atoms with Gasteiger partial charge in [-0.25, -0.2) is 4.98 Å². The van der Waals surface area contributed by atoms with Gasteiger partial charge in [-0.05, 0) is 75.4 Å². The summed E-state index contributed by atoms with van der Waals surface area (Å²) >= 11 is 8.08. The molecule has 1 aliphatic heterocycles. The first-order valence-corrected chi connectivity index (χ1v) is 12.9. The van der Waals surface area contributed by atoms with Crippen LogP contribution in [-0.2, 0) is 11.3 Å². The zero-order valence-corrected chi connectivity index (χ0v) is 20.2. The maximum Gasteiger partial charge on any atom is 0.226 e. The normalized spacial score (nSPS) is 15.3. The third-order valence-corrected chi connectivity index (χ3v) is 7.09. The van der Waals surface area contributed by atoms with Gasteiger partial charge in [-0.2, -0.15) is 11.8 Å². The van der Waals surface area contributed by atoms with Crippen molar-refractivity contribution in [1.29, 1.82) is 0 Å². The van der Waals surface area contributed by atoms with Crippen molar-refractivity contribution in [2.24, 2.45) is 5.92 Å². The molecule has 0 saturated carbocycles. The van der Waals surface area contributed by atoms with Crippen LogP contribution in [0.15, 0.2) is 28.7 Å². The number of hydrogen-bond acceptors (Lipinski definition) is 5. The molecule has 0 bridgehead atoms. The highest BCUT2D eigenvalue weighted by atomic mass is 35.5. The van der Waals surface area contributed by atoms with E-state index in [9.17, 15) is 4.79 Å². The Bertz CT molecular complexity index is 834. The molecule has 2 heterocycles. The Balaban J connectivity index is 1.40. The molecule has 1 amide bonds. The SMILES string of the molecule is CCCCSCCCNC(=O)C1CCN(Cc2nc(-c3cccc(Cl)c3)oc2C)CC1. The van der Waals surface area contributed by atoms with Gasteiger partial charge >= 0.3 is 0 Å². The average Bonchev–Trinajstić information content (AvgIpc) is 3.14. The van der Waals surface area contributed by atoms with Crippen LogP contribution in [0.25, 0.3) is 11.5 Å². The zero-order chi connectivity index (χ0) is 22.1. The topological polar surface area (TPSA) is 58.4 Å². The van der Waals surface area contributed by atoms with Gasteiger partial charge in [-0.15, -0.1) is 0 Å². The number of halogens is 1. The van der Waals surface area contributed by atoms with Crippen LogP contribution in [0.2, 0.25) is 5.02 Å². The predicted octanol–water partition coefficient (Wildman–Crippen LogP) is 5.56. The van der Waals surface area contributed by atoms with Gasteiger partial charge in [0, 0.05) is 29.6 Å². The maximum atomic E-state index is 12.5. The van der Waals surface area contributed by atoms with E-state index in [4.69, 9.17) is 21.0 Å². The third kappa shape index (κ3) is 7.55. The van der Waals surface area contributed by atoms with Crippen molar-refractivity contribution < 1.29 is 9.21 Å². The zero-order valence-electron chi connectivity index (χ0n) is 18.7. The van der Waals surface area contributed by atoms with Crippen LogP contribution in [0.3, 0.4) is 0 Å². The van der Waals surface area contributed by atoms with Crippen LogP contribution < -0.4 is 5.32 Å². The minimum Gasteiger partial charge on any atom is -0.441 e. The van der Waals surface area contributed by atoms with Gasteiger partial charge in [-0.1, -0.05) is 31.0 Å². The van der Waals surface area contributed by atoms with Gasteiger partial charge in [0.2, 0.25) is 11.8 Å². The summed E-state index contributed by atoms with van der Waals surface area (Å²) in [4.78, 5) is 19.5. The number of likely N-dealkylation sites (tertiary alicyclic amines) is 1. The highest BCUT2D eigenvalue weighted by Crippen LogP contribution is 2.26. The minimum atomic E-state index is 0.129. The van der Waals surface area contributed by atoms with E-state index in [2.05, 4.69) is 17.1 Å². The fourth-order valence-electron chi connectivity index (χ4n) is 3.76. The molecule has 1 saturated heterocycles. The number of nitrogens with one attached hydrogen (secondary N) is 1. The minimum absolute atomic E-state index is 0.129. The van der Waals surface area contributed by atoms with Crippen molar-refractivity contribution in [1.82, 2.24) is 15.2 Å². The standard InChI is InChI=1S/C24H34ClN3O2S/c1-3-4-14-31-15-6-11-26-23(29)19-9-12-28(13-10-19)17-22-18(2)30-24(27-22)20-7-5-8-21(25)16-20/h5,7-8,16,19H,3-4,6,9-15,17H2,1-2H3,(H,26,29). The van der Waals surface area contributed by atoms with Gasteiger partial charge in [0.25, 0.3) is 0 Å². The highest BCUT2D eigenvalue weighted by molar-refractivity contribution is 7.99. The summed E-state index contributed by atoms with van der Waals surface area (Å²) in [5.41, 5.74) is 1.85. The molecule has 170 valence electrons. The Labute approximate surface area is 195 Å². The Hall–Kier alpha value is -1.50. The molecule has 0 spiro atoms. The first kappa shape index (κ1) is 24.1. The van der Waals surface area contributed by atoms with E-state index in [0.29, 0.717) is 10.9 Å². The molecule has 1 aromatic heterocycles. The van der Waals surface area contributed by atoms with Gasteiger partial charge < -0.3 is 9.73 Å². The van der Waals surface area contributed by atoms with Crippen LogP contribution in [0.5, 0.6) is 0 Å². The first-order valence-electron chi connectivity index (χ1n) is 11.4. The smallest absolute Gasteiger partial charge is 0.226 e. The summed E-state index contributed by atoms with van der Waals surface area (Å²) in [6, 6.07) is 7.56. The lowest BCUT2D eigenvalue weighted by Crippen LogP contribution is -2.40. The lowest BCUT2D eigenvalue weighted by molar-refractivity contribution is -0.126. The maximum absolute atomic E-state index is 12.5. The number of thioether (sulfide) groups is 1. The van der Waals surface area contributed by atoms with E-state index in [0.717, 1.165) is 68.2 Å². The molecular formula is C24H34ClN3O2S. The van der Waals surface area contributed by atoms with Crippen molar-refractivity contribution >= 4 is 29.3 Å². The summed E-state index contributed by atoms with van der Waals surface area (Å²) < 4.78 is 5.88. The van der Waals surface area contributed by atoms with Crippen molar-refractivity contribution in [3.63, 3.8) is 0 Å². The summed E-state index contributed by atoms with van der Waals surface area (Å²) in [6.45, 7) is 7.53. The van der Waals surface area contributed by atoms with Crippen molar-refractivity contribution in [2.45, 2.75) is 52.5 Å². The molecule has 0 atom stereocenters. The number of amides is 1. The largest absolute Gasteiger partial charge is 0.441 e. The molecule has 1 N–H and O–H groups in total. The highest BCUT2D eigenvalue weighted by Gasteiger charge is 2.26. The molecule has 1 aliphatic rings. The number of unbranched alkanes of at least 4 members (excludes halogenated alkanes) is 1.